The summed E-state index contributed by atoms with van der Waals surface area (Å²) < 4.78 is 11.6. The van der Waals surface area contributed by atoms with Crippen LogP contribution in [0, 0.1) is 0 Å². The van der Waals surface area contributed by atoms with Gasteiger partial charge in [-0.2, -0.15) is 0 Å². The highest BCUT2D eigenvalue weighted by atomic mass is 35.5. The number of fused-ring (bicyclic) bond motifs is 2. The first-order valence-corrected chi connectivity index (χ1v) is 8.88. The van der Waals surface area contributed by atoms with Crippen molar-refractivity contribution >= 4 is 29.1 Å². The monoisotopic (exact) mass is 399 g/mol. The topological polar surface area (TPSA) is 81.8 Å². The molecular weight excluding hydrogens is 378 g/mol. The van der Waals surface area contributed by atoms with Crippen molar-refractivity contribution in [2.45, 2.75) is 24.8 Å². The molecule has 28 heavy (non-hydrogen) atoms. The first-order valence-electron chi connectivity index (χ1n) is 8.88. The number of nitrogens with two attached hydrogens (primary N) is 1. The summed E-state index contributed by atoms with van der Waals surface area (Å²) in [5.41, 5.74) is 6.91. The van der Waals surface area contributed by atoms with E-state index >= 15 is 0 Å². The Balaban J connectivity index is 0.00000225. The molecular formula is C22H22ClNO4. The van der Waals surface area contributed by atoms with Crippen molar-refractivity contribution in [3.63, 3.8) is 0 Å². The molecule has 0 saturated carbocycles. The number of carbonyl (C=O) groups is 1. The number of carboxylic acids is 1. The molecule has 6 heteroatoms. The number of halogens is 1. The second kappa shape index (κ2) is 7.70. The van der Waals surface area contributed by atoms with Gasteiger partial charge in [-0.15, -0.1) is 12.4 Å². The Labute approximate surface area is 169 Å². The van der Waals surface area contributed by atoms with Gasteiger partial charge >= 0.3 is 5.97 Å². The van der Waals surface area contributed by atoms with Crippen LogP contribution in [-0.4, -0.2) is 23.7 Å². The maximum atomic E-state index is 11.5. The van der Waals surface area contributed by atoms with E-state index in [4.69, 9.17) is 15.2 Å². The van der Waals surface area contributed by atoms with E-state index in [1.807, 2.05) is 54.6 Å². The van der Waals surface area contributed by atoms with Gasteiger partial charge in [-0.1, -0.05) is 30.3 Å². The fourth-order valence-corrected chi connectivity index (χ4v) is 3.70. The third-order valence-electron chi connectivity index (χ3n) is 5.23. The Bertz CT molecular complexity index is 1030. The van der Waals surface area contributed by atoms with Gasteiger partial charge in [0.15, 0.2) is 0 Å². The minimum Gasteiger partial charge on any atom is -0.496 e. The molecule has 0 fully saturated rings. The minimum absolute atomic E-state index is 0. The molecule has 0 spiro atoms. The predicted molar refractivity (Wildman–Crippen MR) is 111 cm³/mol. The molecule has 0 bridgehead atoms. The van der Waals surface area contributed by atoms with Crippen molar-refractivity contribution in [1.82, 2.24) is 0 Å². The number of methoxy groups -OCH3 is 1. The van der Waals surface area contributed by atoms with Crippen molar-refractivity contribution in [3.05, 3.63) is 65.7 Å². The van der Waals surface area contributed by atoms with E-state index < -0.39 is 11.5 Å². The van der Waals surface area contributed by atoms with E-state index in [1.165, 1.54) is 0 Å². The highest BCUT2D eigenvalue weighted by Crippen LogP contribution is 2.37. The molecule has 3 aromatic carbocycles. The van der Waals surface area contributed by atoms with Crippen LogP contribution in [0.25, 0.3) is 10.8 Å². The fraction of sp³-hybridized carbons (Fsp3) is 0.227. The van der Waals surface area contributed by atoms with Crippen LogP contribution >= 0.6 is 12.4 Å². The van der Waals surface area contributed by atoms with Gasteiger partial charge < -0.3 is 20.3 Å². The van der Waals surface area contributed by atoms with Crippen molar-refractivity contribution in [1.29, 1.82) is 0 Å². The van der Waals surface area contributed by atoms with Gasteiger partial charge in [-0.3, -0.25) is 4.79 Å². The lowest BCUT2D eigenvalue weighted by atomic mass is 9.78. The van der Waals surface area contributed by atoms with Gasteiger partial charge in [-0.05, 0) is 53.6 Å². The molecule has 1 atom stereocenters. The molecule has 0 heterocycles. The van der Waals surface area contributed by atoms with Crippen LogP contribution in [0.4, 0.5) is 0 Å². The van der Waals surface area contributed by atoms with Crippen LogP contribution < -0.4 is 15.2 Å². The average Bonchev–Trinajstić information content (AvgIpc) is 2.67. The van der Waals surface area contributed by atoms with Crippen LogP contribution in [0.3, 0.4) is 0 Å². The average molecular weight is 400 g/mol. The van der Waals surface area contributed by atoms with Gasteiger partial charge in [0.05, 0.1) is 12.5 Å². The molecule has 5 nitrogen and oxygen atoms in total. The normalized spacial score (nSPS) is 18.1. The number of hydrogen-bond acceptors (Lipinski definition) is 4. The fourth-order valence-electron chi connectivity index (χ4n) is 3.70. The highest BCUT2D eigenvalue weighted by molar-refractivity contribution is 5.94. The quantitative estimate of drug-likeness (QED) is 0.682. The van der Waals surface area contributed by atoms with E-state index in [2.05, 4.69) is 0 Å². The maximum Gasteiger partial charge on any atom is 0.324 e. The summed E-state index contributed by atoms with van der Waals surface area (Å²) in [6, 6.07) is 17.5. The highest BCUT2D eigenvalue weighted by Gasteiger charge is 2.37. The lowest BCUT2D eigenvalue weighted by Gasteiger charge is -2.31. The Kier molecular flexibility index (Phi) is 5.49. The van der Waals surface area contributed by atoms with E-state index in [0.717, 1.165) is 27.6 Å². The molecule has 1 unspecified atom stereocenters. The molecule has 0 amide bonds. The van der Waals surface area contributed by atoms with Crippen LogP contribution in [0.5, 0.6) is 17.2 Å². The maximum absolute atomic E-state index is 11.5. The SMILES string of the molecule is COc1cccc2cccc(Oc3ccc4c(c3)CC(N)(C(=O)O)CC4)c12.Cl. The zero-order valence-corrected chi connectivity index (χ0v) is 16.3. The molecule has 3 aromatic rings. The number of benzene rings is 3. The van der Waals surface area contributed by atoms with Gasteiger partial charge in [0, 0.05) is 6.42 Å². The minimum atomic E-state index is -1.21. The number of hydrogen-bond donors (Lipinski definition) is 2. The van der Waals surface area contributed by atoms with Crippen LogP contribution in [0.2, 0.25) is 0 Å². The van der Waals surface area contributed by atoms with E-state index in [1.54, 1.807) is 7.11 Å². The number of rotatable bonds is 4. The summed E-state index contributed by atoms with van der Waals surface area (Å²) in [6.07, 6.45) is 1.39. The summed E-state index contributed by atoms with van der Waals surface area (Å²) in [5.74, 6) is 1.13. The van der Waals surface area contributed by atoms with Crippen molar-refractivity contribution in [3.8, 4) is 17.2 Å². The summed E-state index contributed by atoms with van der Waals surface area (Å²) >= 11 is 0. The zero-order valence-electron chi connectivity index (χ0n) is 15.5. The number of ether oxygens (including phenoxy) is 2. The Hall–Kier alpha value is -2.76. The summed E-state index contributed by atoms with van der Waals surface area (Å²) in [4.78, 5) is 11.5. The van der Waals surface area contributed by atoms with Crippen molar-refractivity contribution in [2.75, 3.05) is 7.11 Å². The Morgan fingerprint density at radius 3 is 2.46 bits per heavy atom. The summed E-state index contributed by atoms with van der Waals surface area (Å²) in [5, 5.41) is 11.4. The lowest BCUT2D eigenvalue weighted by molar-refractivity contribution is -0.143. The molecule has 0 aromatic heterocycles. The molecule has 3 N–H and O–H groups in total. The van der Waals surface area contributed by atoms with Gasteiger partial charge in [0.2, 0.25) is 0 Å². The Morgan fingerprint density at radius 2 is 1.79 bits per heavy atom. The zero-order chi connectivity index (χ0) is 19.0. The smallest absolute Gasteiger partial charge is 0.324 e. The van der Waals surface area contributed by atoms with E-state index in [0.29, 0.717) is 30.8 Å². The second-order valence-electron chi connectivity index (χ2n) is 6.99. The van der Waals surface area contributed by atoms with Gasteiger partial charge in [-0.25, -0.2) is 0 Å². The molecule has 1 aliphatic carbocycles. The van der Waals surface area contributed by atoms with E-state index in [9.17, 15) is 9.90 Å². The number of aliphatic carboxylic acids is 1. The first-order chi connectivity index (χ1) is 13.0. The van der Waals surface area contributed by atoms with Gasteiger partial charge in [0.25, 0.3) is 0 Å². The second-order valence-corrected chi connectivity index (χ2v) is 6.99. The summed E-state index contributed by atoms with van der Waals surface area (Å²) in [6.45, 7) is 0. The van der Waals surface area contributed by atoms with Crippen LogP contribution in [-0.2, 0) is 17.6 Å². The number of aryl methyl sites for hydroxylation is 1. The molecule has 1 aliphatic rings. The number of carboxylic acid groups (broad SMARTS) is 1. The summed E-state index contributed by atoms with van der Waals surface area (Å²) in [7, 11) is 1.64. The van der Waals surface area contributed by atoms with Crippen LogP contribution in [0.15, 0.2) is 54.6 Å². The Morgan fingerprint density at radius 1 is 1.07 bits per heavy atom. The van der Waals surface area contributed by atoms with Gasteiger partial charge in [0.1, 0.15) is 22.8 Å². The standard InChI is InChI=1S/C22H21NO4.ClH/c1-26-18-6-2-4-15-5-3-7-19(20(15)18)27-17-9-8-14-10-11-22(23,21(24)25)13-16(14)12-17;/h2-9,12H,10-11,13,23H2,1H3,(H,24,25);1H. The molecule has 0 radical (unpaired) electrons. The predicted octanol–water partition coefficient (Wildman–Crippen LogP) is 4.33. The third kappa shape index (κ3) is 3.51. The lowest BCUT2D eigenvalue weighted by Crippen LogP contribution is -2.52. The van der Waals surface area contributed by atoms with Crippen molar-refractivity contribution < 1.29 is 19.4 Å². The van der Waals surface area contributed by atoms with E-state index in [-0.39, 0.29) is 12.4 Å². The largest absolute Gasteiger partial charge is 0.496 e. The first kappa shape index (κ1) is 20.0. The van der Waals surface area contributed by atoms with Crippen molar-refractivity contribution in [2.24, 2.45) is 5.73 Å². The molecule has 0 aliphatic heterocycles. The molecule has 4 rings (SSSR count). The third-order valence-corrected chi connectivity index (χ3v) is 5.23. The molecule has 0 saturated heterocycles. The van der Waals surface area contributed by atoms with Crippen LogP contribution in [0.1, 0.15) is 17.5 Å². The molecule has 146 valence electrons.